The fraction of sp³-hybridized carbons (Fsp3) is 0. The van der Waals surface area contributed by atoms with Gasteiger partial charge in [-0.1, -0.05) is 243 Å². The van der Waals surface area contributed by atoms with Gasteiger partial charge in [0.2, 0.25) is 0 Å². The lowest BCUT2D eigenvalue weighted by Crippen LogP contribution is -1.96. The van der Waals surface area contributed by atoms with Crippen LogP contribution in [0.5, 0.6) is 0 Å². The summed E-state index contributed by atoms with van der Waals surface area (Å²) < 4.78 is 12.4. The summed E-state index contributed by atoms with van der Waals surface area (Å²) in [7, 11) is 0. The average molecular weight is 1300 g/mol. The van der Waals surface area contributed by atoms with Gasteiger partial charge in [0.15, 0.2) is 0 Å². The zero-order valence-corrected chi connectivity index (χ0v) is 55.7. The van der Waals surface area contributed by atoms with Crippen LogP contribution in [0.2, 0.25) is 0 Å². The van der Waals surface area contributed by atoms with Crippen molar-refractivity contribution in [3.8, 4) is 89.5 Å². The van der Waals surface area contributed by atoms with Gasteiger partial charge < -0.3 is 18.3 Å². The highest BCUT2D eigenvalue weighted by Crippen LogP contribution is 2.47. The van der Waals surface area contributed by atoms with Crippen LogP contribution < -0.4 is 0 Å². The minimum atomic E-state index is 1.12. The fourth-order valence-electron chi connectivity index (χ4n) is 16.5. The standard InChI is InChI=1S/C96H60N4S/c1-4-19-61(20-5-1)64-35-42-73(43-36-64)97-87-33-16-12-29-82(87)93-89(97)52-50-80-77-27-10-15-32-86(77)100(95(80)93)75-46-39-66(40-47-75)71-56-70(63-23-8-3-9-24-63)57-72(58-71)69-41-49-79-84-60-76(48-54-91(84)101-92(79)59-69)98-88-34-17-13-30-83(88)94-90(98)53-51-81-78-28-11-14-31-85(78)99(96(81)94)74-44-37-65(38-45-74)68-26-18-25-67(55-68)62-21-6-2-7-22-62/h1-60H. The molecule has 0 saturated heterocycles. The highest BCUT2D eigenvalue weighted by Gasteiger charge is 2.24. The van der Waals surface area contributed by atoms with E-state index in [-0.39, 0.29) is 0 Å². The third-order valence-corrected chi connectivity index (χ3v) is 22.3. The number of hydrogen-bond donors (Lipinski definition) is 0. The van der Waals surface area contributed by atoms with Crippen molar-refractivity contribution >= 4 is 119 Å². The monoisotopic (exact) mass is 1300 g/mol. The number of hydrogen-bond acceptors (Lipinski definition) is 1. The second kappa shape index (κ2) is 22.8. The number of thiophene rings is 1. The molecule has 0 aliphatic heterocycles. The van der Waals surface area contributed by atoms with Crippen molar-refractivity contribution < 1.29 is 0 Å². The van der Waals surface area contributed by atoms with Crippen molar-refractivity contribution in [2.45, 2.75) is 0 Å². The van der Waals surface area contributed by atoms with Gasteiger partial charge in [-0.3, -0.25) is 0 Å². The highest BCUT2D eigenvalue weighted by atomic mass is 32.1. The van der Waals surface area contributed by atoms with E-state index in [4.69, 9.17) is 0 Å². The van der Waals surface area contributed by atoms with Crippen molar-refractivity contribution in [1.82, 2.24) is 18.3 Å². The molecule has 0 atom stereocenters. The van der Waals surface area contributed by atoms with Crippen LogP contribution in [0.3, 0.4) is 0 Å². The zero-order chi connectivity index (χ0) is 66.2. The Hall–Kier alpha value is -13.1. The maximum atomic E-state index is 2.50. The van der Waals surface area contributed by atoms with Gasteiger partial charge in [-0.25, -0.2) is 0 Å². The minimum Gasteiger partial charge on any atom is -0.309 e. The van der Waals surface area contributed by atoms with Crippen molar-refractivity contribution in [1.29, 1.82) is 0 Å². The van der Waals surface area contributed by atoms with E-state index in [9.17, 15) is 0 Å². The summed E-state index contributed by atoms with van der Waals surface area (Å²) in [6.07, 6.45) is 0. The number of rotatable bonds is 10. The molecule has 0 fully saturated rings. The molecule has 0 spiro atoms. The molecule has 5 aromatic heterocycles. The topological polar surface area (TPSA) is 19.7 Å². The number of nitrogens with zero attached hydrogens (tertiary/aromatic N) is 4. The Bertz CT molecular complexity index is 6890. The molecule has 21 aromatic rings. The first-order valence-corrected chi connectivity index (χ1v) is 35.5. The van der Waals surface area contributed by atoms with Crippen LogP contribution in [0.1, 0.15) is 0 Å². The summed E-state index contributed by atoms with van der Waals surface area (Å²) in [5.74, 6) is 0. The van der Waals surface area contributed by atoms with Gasteiger partial charge in [0.05, 0.1) is 44.1 Å². The maximum absolute atomic E-state index is 2.50. The van der Waals surface area contributed by atoms with Crippen LogP contribution in [0.4, 0.5) is 0 Å². The molecule has 0 amide bonds. The highest BCUT2D eigenvalue weighted by molar-refractivity contribution is 7.25. The SMILES string of the molecule is c1ccc(-c2ccc(-n3c4ccccc4c4c3ccc3c5ccccc5n(-c5ccc(-c6cc(-c7ccccc7)cc(-c7ccc8c(c7)sc7ccc(-n9c%10ccccc%10c%10c9ccc9c%11ccccc%11n(-c%11ccc(-c%12cccc(-c%13ccccc%13)c%12)cc%11)c9%10)cc78)c6)cc5)c34)cc2)cc1. The molecule has 101 heavy (non-hydrogen) atoms. The van der Waals surface area contributed by atoms with Crippen molar-refractivity contribution in [3.63, 3.8) is 0 Å². The molecule has 5 heterocycles. The summed E-state index contributed by atoms with van der Waals surface area (Å²) >= 11 is 1.87. The Morgan fingerprint density at radius 3 is 0.990 bits per heavy atom. The van der Waals surface area contributed by atoms with E-state index in [2.05, 4.69) is 382 Å². The molecule has 0 aliphatic carbocycles. The Morgan fingerprint density at radius 2 is 0.485 bits per heavy atom. The van der Waals surface area contributed by atoms with Crippen LogP contribution in [0.25, 0.3) is 197 Å². The molecule has 16 aromatic carbocycles. The fourth-order valence-corrected chi connectivity index (χ4v) is 17.6. The summed E-state index contributed by atoms with van der Waals surface area (Å²) in [4.78, 5) is 0. The van der Waals surface area contributed by atoms with Crippen LogP contribution in [0, 0.1) is 0 Å². The third kappa shape index (κ3) is 9.07. The van der Waals surface area contributed by atoms with Gasteiger partial charge in [-0.15, -0.1) is 11.3 Å². The molecule has 470 valence electrons. The molecule has 0 saturated carbocycles. The Morgan fingerprint density at radius 1 is 0.158 bits per heavy atom. The van der Waals surface area contributed by atoms with E-state index in [0.717, 1.165) is 28.3 Å². The van der Waals surface area contributed by atoms with Gasteiger partial charge in [-0.2, -0.15) is 0 Å². The predicted octanol–water partition coefficient (Wildman–Crippen LogP) is 26.4. The lowest BCUT2D eigenvalue weighted by atomic mass is 9.93. The first-order valence-electron chi connectivity index (χ1n) is 34.7. The molecule has 0 radical (unpaired) electrons. The minimum absolute atomic E-state index is 1.12. The first kappa shape index (κ1) is 57.1. The summed E-state index contributed by atoms with van der Waals surface area (Å²) in [6, 6.07) is 135. The largest absolute Gasteiger partial charge is 0.309 e. The predicted molar refractivity (Wildman–Crippen MR) is 429 cm³/mol. The number of aromatic nitrogens is 4. The van der Waals surface area contributed by atoms with E-state index in [1.165, 1.54) is 169 Å². The van der Waals surface area contributed by atoms with Crippen LogP contribution in [-0.4, -0.2) is 18.3 Å². The third-order valence-electron chi connectivity index (χ3n) is 21.1. The lowest BCUT2D eigenvalue weighted by molar-refractivity contribution is 1.17. The van der Waals surface area contributed by atoms with Crippen LogP contribution in [0.15, 0.2) is 364 Å². The molecule has 0 bridgehead atoms. The van der Waals surface area contributed by atoms with Gasteiger partial charge in [0.1, 0.15) is 0 Å². The van der Waals surface area contributed by atoms with E-state index >= 15 is 0 Å². The van der Waals surface area contributed by atoms with Crippen molar-refractivity contribution in [3.05, 3.63) is 364 Å². The quantitative estimate of drug-likeness (QED) is 0.130. The lowest BCUT2D eigenvalue weighted by Gasteiger charge is -2.13. The summed E-state index contributed by atoms with van der Waals surface area (Å²) in [5.41, 5.74) is 28.3. The normalized spacial score (nSPS) is 12.0. The molecule has 0 N–H and O–H groups in total. The second-order valence-electron chi connectivity index (χ2n) is 26.7. The molecule has 5 heteroatoms. The second-order valence-corrected chi connectivity index (χ2v) is 27.8. The van der Waals surface area contributed by atoms with Crippen molar-refractivity contribution in [2.24, 2.45) is 0 Å². The number of fused-ring (bicyclic) bond motifs is 17. The van der Waals surface area contributed by atoms with E-state index in [1.54, 1.807) is 0 Å². The van der Waals surface area contributed by atoms with E-state index in [0.29, 0.717) is 0 Å². The first-order chi connectivity index (χ1) is 50.1. The van der Waals surface area contributed by atoms with Gasteiger partial charge in [0.25, 0.3) is 0 Å². The van der Waals surface area contributed by atoms with Gasteiger partial charge in [-0.05, 0) is 188 Å². The van der Waals surface area contributed by atoms with Crippen molar-refractivity contribution in [2.75, 3.05) is 0 Å². The summed E-state index contributed by atoms with van der Waals surface area (Å²) in [5, 5.41) is 12.4. The van der Waals surface area contributed by atoms with Gasteiger partial charge >= 0.3 is 0 Å². The van der Waals surface area contributed by atoms with Crippen LogP contribution >= 0.6 is 11.3 Å². The molecule has 0 unspecified atom stereocenters. The molecular weight excluding hydrogens is 1240 g/mol. The summed E-state index contributed by atoms with van der Waals surface area (Å²) in [6.45, 7) is 0. The number of para-hydroxylation sites is 4. The van der Waals surface area contributed by atoms with E-state index in [1.807, 2.05) is 11.3 Å². The van der Waals surface area contributed by atoms with E-state index < -0.39 is 0 Å². The Labute approximate surface area is 586 Å². The number of benzene rings is 16. The molecule has 0 aliphatic rings. The van der Waals surface area contributed by atoms with Gasteiger partial charge in [0, 0.05) is 86.0 Å². The zero-order valence-electron chi connectivity index (χ0n) is 54.8. The maximum Gasteiger partial charge on any atom is 0.0641 e. The molecule has 21 rings (SSSR count). The molecule has 4 nitrogen and oxygen atoms in total. The Kier molecular flexibility index (Phi) is 12.9. The Balaban J connectivity index is 0.655. The molecular formula is C96H60N4S. The van der Waals surface area contributed by atoms with Crippen LogP contribution in [-0.2, 0) is 0 Å². The smallest absolute Gasteiger partial charge is 0.0641 e. The average Bonchev–Trinajstić information content (AvgIpc) is 1.55.